The fourth-order valence-corrected chi connectivity index (χ4v) is 23.3. The fourth-order valence-electron chi connectivity index (χ4n) is 23.3. The van der Waals surface area contributed by atoms with Gasteiger partial charge in [0.15, 0.2) is 0 Å². The summed E-state index contributed by atoms with van der Waals surface area (Å²) in [5, 5.41) is 20.4. The van der Waals surface area contributed by atoms with Crippen LogP contribution in [0, 0.1) is 113 Å². The van der Waals surface area contributed by atoms with Gasteiger partial charge in [-0.25, -0.2) is 4.79 Å². The topological polar surface area (TPSA) is 74.6 Å². The first-order valence-corrected chi connectivity index (χ1v) is 28.7. The minimum absolute atomic E-state index is 0.00966. The van der Waals surface area contributed by atoms with Crippen LogP contribution in [0.1, 0.15) is 218 Å². The molecule has 4 nitrogen and oxygen atoms in total. The van der Waals surface area contributed by atoms with Gasteiger partial charge in [0.25, 0.3) is 0 Å². The van der Waals surface area contributed by atoms with Gasteiger partial charge in [0.1, 0.15) is 5.78 Å². The first-order valence-electron chi connectivity index (χ1n) is 28.7. The monoisotopic (exact) mass is 933 g/mol. The SMILES string of the molecule is C=C(C)[C@@H]1CC[C@]2(/C=C/C(=O)O)CC[C@]3(C)C(CCC4[C@@]5(C)CCC(=O)C(C)(C)C5CC[C@]43C)C12.C=C(C)[C@@H]1CC[C@]2(/C=C/C)CC[C@]3(C)C(CCC4[C@@]5(C)CC[C@H](O)C(C)(C)C5CC[C@]43C)C12. The van der Waals surface area contributed by atoms with Crippen LogP contribution in [-0.4, -0.2) is 28.1 Å². The molecule has 0 spiro atoms. The van der Waals surface area contributed by atoms with E-state index >= 15 is 0 Å². The molecule has 10 fully saturated rings. The van der Waals surface area contributed by atoms with Crippen molar-refractivity contribution in [2.45, 2.75) is 225 Å². The molecule has 380 valence electrons. The van der Waals surface area contributed by atoms with Gasteiger partial charge in [-0.2, -0.15) is 0 Å². The normalized spacial score (nSPS) is 53.0. The summed E-state index contributed by atoms with van der Waals surface area (Å²) >= 11 is 0. The molecule has 0 aromatic heterocycles. The highest BCUT2D eigenvalue weighted by Crippen LogP contribution is 2.80. The lowest BCUT2D eigenvalue weighted by Gasteiger charge is -2.73. The van der Waals surface area contributed by atoms with Crippen molar-refractivity contribution in [2.75, 3.05) is 0 Å². The summed E-state index contributed by atoms with van der Waals surface area (Å²) in [7, 11) is 0. The van der Waals surface area contributed by atoms with Gasteiger partial charge in [0, 0.05) is 17.9 Å². The molecule has 68 heavy (non-hydrogen) atoms. The Morgan fingerprint density at radius 1 is 0.544 bits per heavy atom. The summed E-state index contributed by atoms with van der Waals surface area (Å²) in [6, 6.07) is 0. The third kappa shape index (κ3) is 6.76. The third-order valence-electron chi connectivity index (χ3n) is 27.0. The van der Waals surface area contributed by atoms with Crippen LogP contribution >= 0.6 is 0 Å². The maximum Gasteiger partial charge on any atom is 0.327 e. The molecule has 0 heterocycles. The van der Waals surface area contributed by atoms with E-state index < -0.39 is 5.97 Å². The zero-order chi connectivity index (χ0) is 49.6. The van der Waals surface area contributed by atoms with E-state index in [4.69, 9.17) is 0 Å². The molecule has 2 N–H and O–H groups in total. The quantitative estimate of drug-likeness (QED) is 0.213. The fraction of sp³-hybridized carbons (Fsp3) is 0.844. The number of carboxylic acids is 1. The standard InChI is InChI=1S/C32H48O3.C32H52O/c1-20(2)21-10-16-32(17-13-26(34)35)19-18-30(6)22(27(21)32)8-9-24-29(5)14-12-25(33)28(3,4)23(29)11-15-31(24,30)7;1-9-15-32-18-12-22(21(2)3)27(32)23-10-11-25-29(6)16-14-26(33)28(4,5)24(29)13-17-31(25,8)30(23,7)19-20-32/h13,17,21-24,27H,1,8-12,14-16,18-19H2,2-7H3,(H,34,35);9,15,22-27,33H,2,10-14,16-20H2,1,3-8H3/b17-13+;15-9+/t21-,22?,23?,24?,27?,29-,30+,31+,32-;22-,23?,24?,25?,26-,27?,29-,30+,31+,32+/m00/s1. The minimum Gasteiger partial charge on any atom is -0.478 e. The van der Waals surface area contributed by atoms with Gasteiger partial charge in [-0.1, -0.05) is 112 Å². The second-order valence-electron chi connectivity index (χ2n) is 29.5. The van der Waals surface area contributed by atoms with Crippen LogP contribution in [0.2, 0.25) is 0 Å². The lowest BCUT2D eigenvalue weighted by molar-refractivity contribution is -0.244. The molecule has 0 aromatic rings. The number of aliphatic hydroxyl groups is 1. The summed E-state index contributed by atoms with van der Waals surface area (Å²) in [5.74, 6) is 6.21. The average molecular weight is 933 g/mol. The van der Waals surface area contributed by atoms with Crippen LogP contribution in [0.4, 0.5) is 0 Å². The van der Waals surface area contributed by atoms with E-state index in [1.165, 1.54) is 107 Å². The Bertz CT molecular complexity index is 2110. The number of hydrogen-bond acceptors (Lipinski definition) is 3. The first-order chi connectivity index (χ1) is 31.6. The van der Waals surface area contributed by atoms with Gasteiger partial charge >= 0.3 is 5.97 Å². The van der Waals surface area contributed by atoms with Gasteiger partial charge < -0.3 is 10.2 Å². The van der Waals surface area contributed by atoms with Gasteiger partial charge in [-0.05, 0) is 251 Å². The minimum atomic E-state index is -0.818. The van der Waals surface area contributed by atoms with E-state index in [0.29, 0.717) is 68.9 Å². The largest absolute Gasteiger partial charge is 0.478 e. The van der Waals surface area contributed by atoms with Gasteiger partial charge in [-0.15, -0.1) is 0 Å². The molecule has 4 heteroatoms. The van der Waals surface area contributed by atoms with E-state index in [1.54, 1.807) is 0 Å². The molecule has 10 aliphatic rings. The van der Waals surface area contributed by atoms with Crippen LogP contribution in [0.5, 0.6) is 0 Å². The second kappa shape index (κ2) is 16.5. The van der Waals surface area contributed by atoms with E-state index in [9.17, 15) is 19.8 Å². The van der Waals surface area contributed by atoms with Crippen molar-refractivity contribution >= 4 is 11.8 Å². The number of hydrogen-bond donors (Lipinski definition) is 2. The number of aliphatic hydroxyl groups excluding tert-OH is 1. The van der Waals surface area contributed by atoms with Gasteiger partial charge in [0.2, 0.25) is 0 Å². The number of allylic oxidation sites excluding steroid dienone is 5. The zero-order valence-corrected chi connectivity index (χ0v) is 45.9. The van der Waals surface area contributed by atoms with Crippen LogP contribution in [-0.2, 0) is 9.59 Å². The predicted molar refractivity (Wildman–Crippen MR) is 281 cm³/mol. The molecule has 0 aliphatic heterocycles. The average Bonchev–Trinajstić information content (AvgIpc) is 3.84. The third-order valence-corrected chi connectivity index (χ3v) is 27.0. The molecular formula is C64H100O4. The Kier molecular flexibility index (Phi) is 12.4. The molecule has 0 bridgehead atoms. The molecule has 10 rings (SSSR count). The highest BCUT2D eigenvalue weighted by molar-refractivity contribution is 5.85. The molecule has 0 saturated heterocycles. The van der Waals surface area contributed by atoms with E-state index in [2.05, 4.69) is 121 Å². The highest BCUT2D eigenvalue weighted by Gasteiger charge is 2.73. The van der Waals surface area contributed by atoms with Crippen molar-refractivity contribution < 1.29 is 19.8 Å². The Morgan fingerprint density at radius 2 is 1.01 bits per heavy atom. The summed E-state index contributed by atoms with van der Waals surface area (Å²) in [6.07, 6.45) is 32.9. The van der Waals surface area contributed by atoms with Gasteiger partial charge in [-0.3, -0.25) is 4.79 Å². The van der Waals surface area contributed by atoms with Crippen LogP contribution in [0.15, 0.2) is 48.6 Å². The molecule has 8 unspecified atom stereocenters. The van der Waals surface area contributed by atoms with Crippen molar-refractivity contribution in [3.05, 3.63) is 48.6 Å². The number of rotatable bonds is 5. The van der Waals surface area contributed by atoms with Crippen molar-refractivity contribution in [1.29, 1.82) is 0 Å². The molecule has 19 atom stereocenters. The Hall–Kier alpha value is -1.94. The van der Waals surface area contributed by atoms with Crippen LogP contribution in [0.3, 0.4) is 0 Å². The maximum absolute atomic E-state index is 13.0. The second-order valence-corrected chi connectivity index (χ2v) is 29.5. The molecule has 0 aromatic carbocycles. The summed E-state index contributed by atoms with van der Waals surface area (Å²) < 4.78 is 0. The Balaban J connectivity index is 0.000000170. The van der Waals surface area contributed by atoms with Crippen molar-refractivity contribution in [3.63, 3.8) is 0 Å². The number of fused-ring (bicyclic) bond motifs is 14. The van der Waals surface area contributed by atoms with Crippen molar-refractivity contribution in [3.8, 4) is 0 Å². The number of carbonyl (C=O) groups excluding carboxylic acids is 1. The van der Waals surface area contributed by atoms with Crippen LogP contribution < -0.4 is 0 Å². The number of aliphatic carboxylic acids is 1. The Labute approximate surface area is 416 Å². The summed E-state index contributed by atoms with van der Waals surface area (Å²) in [6.45, 7) is 40.8. The van der Waals surface area contributed by atoms with E-state index in [-0.39, 0.29) is 38.6 Å². The zero-order valence-electron chi connectivity index (χ0n) is 45.9. The van der Waals surface area contributed by atoms with Crippen molar-refractivity contribution in [2.24, 2.45) is 113 Å². The smallest absolute Gasteiger partial charge is 0.327 e. The van der Waals surface area contributed by atoms with Crippen LogP contribution in [0.25, 0.3) is 0 Å². The highest BCUT2D eigenvalue weighted by atomic mass is 16.4. The molecular weight excluding hydrogens is 833 g/mol. The van der Waals surface area contributed by atoms with E-state index in [0.717, 1.165) is 56.3 Å². The molecule has 10 aliphatic carbocycles. The lowest BCUT2D eigenvalue weighted by Crippen LogP contribution is -2.66. The predicted octanol–water partition coefficient (Wildman–Crippen LogP) is 16.4. The van der Waals surface area contributed by atoms with Gasteiger partial charge in [0.05, 0.1) is 6.10 Å². The number of Topliss-reactive ketones (excluding diaryl/α,β-unsaturated/α-hetero) is 1. The summed E-state index contributed by atoms with van der Waals surface area (Å²) in [5.41, 5.74) is 5.00. The summed E-state index contributed by atoms with van der Waals surface area (Å²) in [4.78, 5) is 24.5. The van der Waals surface area contributed by atoms with Crippen molar-refractivity contribution in [1.82, 2.24) is 0 Å². The molecule has 0 radical (unpaired) electrons. The molecule has 0 amide bonds. The number of carboxylic acid groups (broad SMARTS) is 1. The lowest BCUT2D eigenvalue weighted by atomic mass is 9.32. The first kappa shape index (κ1) is 51.0. The van der Waals surface area contributed by atoms with E-state index in [1.807, 2.05) is 0 Å². The molecule has 10 saturated carbocycles. The Morgan fingerprint density at radius 3 is 1.49 bits per heavy atom. The maximum atomic E-state index is 13.0. The number of carbonyl (C=O) groups is 2. The number of ketones is 1.